The van der Waals surface area contributed by atoms with Gasteiger partial charge in [0.05, 0.1) is 36.6 Å². The lowest BCUT2D eigenvalue weighted by molar-refractivity contribution is 0.405. The average Bonchev–Trinajstić information content (AvgIpc) is 2.68. The number of aryl methyl sites for hydroxylation is 1. The Morgan fingerprint density at radius 2 is 1.79 bits per heavy atom. The maximum absolute atomic E-state index is 9.05. The number of nitrogens with zero attached hydrogens (tertiary/aromatic N) is 3. The number of nitrogens with one attached hydrogen (secondary N) is 2. The SMILES string of the molecule is COc1cc(Nc2nc(C)cc(Nc3cccc(C#N)c3)n2)c(OC)cc1Cl. The van der Waals surface area contributed by atoms with Gasteiger partial charge in [0.2, 0.25) is 5.95 Å². The van der Waals surface area contributed by atoms with Crippen molar-refractivity contribution in [2.75, 3.05) is 24.9 Å². The molecule has 0 bridgehead atoms. The van der Waals surface area contributed by atoms with E-state index in [1.807, 2.05) is 19.1 Å². The lowest BCUT2D eigenvalue weighted by Gasteiger charge is -2.14. The fourth-order valence-electron chi connectivity index (χ4n) is 2.58. The van der Waals surface area contributed by atoms with Crippen molar-refractivity contribution in [3.63, 3.8) is 0 Å². The van der Waals surface area contributed by atoms with Gasteiger partial charge in [-0.1, -0.05) is 17.7 Å². The molecule has 8 heteroatoms. The molecule has 28 heavy (non-hydrogen) atoms. The lowest BCUT2D eigenvalue weighted by Crippen LogP contribution is -2.04. The highest BCUT2D eigenvalue weighted by Gasteiger charge is 2.12. The zero-order valence-electron chi connectivity index (χ0n) is 15.6. The van der Waals surface area contributed by atoms with E-state index in [0.29, 0.717) is 39.5 Å². The van der Waals surface area contributed by atoms with Crippen LogP contribution in [0.3, 0.4) is 0 Å². The van der Waals surface area contributed by atoms with Crippen LogP contribution in [0.15, 0.2) is 42.5 Å². The molecule has 0 amide bonds. The third-order valence-corrected chi connectivity index (χ3v) is 4.13. The molecule has 0 aliphatic carbocycles. The molecular formula is C20H18ClN5O2. The summed E-state index contributed by atoms with van der Waals surface area (Å²) in [4.78, 5) is 8.90. The predicted octanol–water partition coefficient (Wildman–Crippen LogP) is 4.81. The van der Waals surface area contributed by atoms with Crippen molar-refractivity contribution in [2.45, 2.75) is 6.92 Å². The van der Waals surface area contributed by atoms with Crippen LogP contribution >= 0.6 is 11.6 Å². The molecule has 0 aliphatic heterocycles. The molecule has 142 valence electrons. The van der Waals surface area contributed by atoms with Crippen LogP contribution in [0.2, 0.25) is 5.02 Å². The second-order valence-electron chi connectivity index (χ2n) is 5.85. The molecule has 0 spiro atoms. The minimum Gasteiger partial charge on any atom is -0.495 e. The number of hydrogen-bond donors (Lipinski definition) is 2. The summed E-state index contributed by atoms with van der Waals surface area (Å²) in [5.41, 5.74) is 2.70. The van der Waals surface area contributed by atoms with E-state index in [0.717, 1.165) is 11.4 Å². The Morgan fingerprint density at radius 1 is 1.00 bits per heavy atom. The summed E-state index contributed by atoms with van der Waals surface area (Å²) in [5, 5.41) is 15.8. The molecule has 2 aromatic carbocycles. The quantitative estimate of drug-likeness (QED) is 0.618. The monoisotopic (exact) mass is 395 g/mol. The Balaban J connectivity index is 1.91. The molecule has 0 saturated heterocycles. The first-order chi connectivity index (χ1) is 13.5. The summed E-state index contributed by atoms with van der Waals surface area (Å²) in [6, 6.07) is 14.5. The normalized spacial score (nSPS) is 10.1. The van der Waals surface area contributed by atoms with Crippen molar-refractivity contribution in [2.24, 2.45) is 0 Å². The van der Waals surface area contributed by atoms with E-state index in [9.17, 15) is 0 Å². The van der Waals surface area contributed by atoms with Crippen LogP contribution in [0, 0.1) is 18.3 Å². The fraction of sp³-hybridized carbons (Fsp3) is 0.150. The second-order valence-corrected chi connectivity index (χ2v) is 6.26. The number of anilines is 4. The summed E-state index contributed by atoms with van der Waals surface area (Å²) >= 11 is 6.15. The highest BCUT2D eigenvalue weighted by molar-refractivity contribution is 6.32. The number of aromatic nitrogens is 2. The minimum atomic E-state index is 0.376. The van der Waals surface area contributed by atoms with Gasteiger partial charge in [-0.2, -0.15) is 10.2 Å². The highest BCUT2D eigenvalue weighted by Crippen LogP contribution is 2.37. The molecule has 0 unspecified atom stereocenters. The van der Waals surface area contributed by atoms with Crippen LogP contribution in [-0.2, 0) is 0 Å². The van der Waals surface area contributed by atoms with Gasteiger partial charge in [-0.15, -0.1) is 0 Å². The standard InChI is InChI=1S/C20H18ClN5O2/c1-12-7-19(24-14-6-4-5-13(8-14)11-22)26-20(23-12)25-16-10-17(27-2)15(21)9-18(16)28-3/h4-10H,1-3H3,(H2,23,24,25,26). The summed E-state index contributed by atoms with van der Waals surface area (Å²) < 4.78 is 10.6. The van der Waals surface area contributed by atoms with Gasteiger partial charge in [0.15, 0.2) is 0 Å². The van der Waals surface area contributed by atoms with Gasteiger partial charge in [-0.05, 0) is 25.1 Å². The summed E-state index contributed by atoms with van der Waals surface area (Å²) in [5.74, 6) is 2.00. The third-order valence-electron chi connectivity index (χ3n) is 3.84. The van der Waals surface area contributed by atoms with E-state index in [4.69, 9.17) is 26.3 Å². The molecule has 7 nitrogen and oxygen atoms in total. The zero-order chi connectivity index (χ0) is 20.1. The van der Waals surface area contributed by atoms with Gasteiger partial charge in [0.1, 0.15) is 17.3 Å². The molecule has 0 aliphatic rings. The van der Waals surface area contributed by atoms with Crippen LogP contribution in [0.1, 0.15) is 11.3 Å². The van der Waals surface area contributed by atoms with Crippen LogP contribution in [0.4, 0.5) is 23.1 Å². The maximum Gasteiger partial charge on any atom is 0.229 e. The van der Waals surface area contributed by atoms with E-state index < -0.39 is 0 Å². The van der Waals surface area contributed by atoms with E-state index >= 15 is 0 Å². The van der Waals surface area contributed by atoms with Crippen molar-refractivity contribution in [3.8, 4) is 17.6 Å². The molecule has 3 rings (SSSR count). The van der Waals surface area contributed by atoms with Gasteiger partial charge < -0.3 is 20.1 Å². The van der Waals surface area contributed by atoms with Gasteiger partial charge in [-0.25, -0.2) is 4.98 Å². The Labute approximate surface area is 167 Å². The molecule has 2 N–H and O–H groups in total. The number of hydrogen-bond acceptors (Lipinski definition) is 7. The van der Waals surface area contributed by atoms with Crippen LogP contribution in [0.5, 0.6) is 11.5 Å². The van der Waals surface area contributed by atoms with E-state index in [1.54, 1.807) is 37.4 Å². The molecule has 3 aromatic rings. The second kappa shape index (κ2) is 8.46. The van der Waals surface area contributed by atoms with Gasteiger partial charge >= 0.3 is 0 Å². The molecular weight excluding hydrogens is 378 g/mol. The number of ether oxygens (including phenoxy) is 2. The van der Waals surface area contributed by atoms with Gasteiger partial charge in [0.25, 0.3) is 0 Å². The molecule has 1 aromatic heterocycles. The number of methoxy groups -OCH3 is 2. The Kier molecular flexibility index (Phi) is 5.82. The molecule has 0 radical (unpaired) electrons. The first kappa shape index (κ1) is 19.3. The van der Waals surface area contributed by atoms with Crippen LogP contribution in [0.25, 0.3) is 0 Å². The summed E-state index contributed by atoms with van der Waals surface area (Å²) in [6.45, 7) is 1.86. The van der Waals surface area contributed by atoms with Crippen LogP contribution in [-0.4, -0.2) is 24.2 Å². The lowest BCUT2D eigenvalue weighted by atomic mass is 10.2. The summed E-state index contributed by atoms with van der Waals surface area (Å²) in [6.07, 6.45) is 0. The minimum absolute atomic E-state index is 0.376. The van der Waals surface area contributed by atoms with Crippen molar-refractivity contribution < 1.29 is 9.47 Å². The Morgan fingerprint density at radius 3 is 2.50 bits per heavy atom. The highest BCUT2D eigenvalue weighted by atomic mass is 35.5. The number of benzene rings is 2. The fourth-order valence-corrected chi connectivity index (χ4v) is 2.81. The third kappa shape index (κ3) is 4.42. The van der Waals surface area contributed by atoms with Gasteiger partial charge in [-0.3, -0.25) is 0 Å². The Bertz CT molecular complexity index is 1050. The number of nitriles is 1. The number of halogens is 1. The van der Waals surface area contributed by atoms with E-state index in [2.05, 4.69) is 26.7 Å². The van der Waals surface area contributed by atoms with Gasteiger partial charge in [0, 0.05) is 29.6 Å². The molecule has 1 heterocycles. The molecule has 0 fully saturated rings. The van der Waals surface area contributed by atoms with Crippen molar-refractivity contribution in [1.29, 1.82) is 5.26 Å². The maximum atomic E-state index is 9.05. The molecule has 0 saturated carbocycles. The Hall–Kier alpha value is -3.50. The first-order valence-corrected chi connectivity index (χ1v) is 8.71. The van der Waals surface area contributed by atoms with Crippen molar-refractivity contribution in [1.82, 2.24) is 9.97 Å². The largest absolute Gasteiger partial charge is 0.495 e. The topological polar surface area (TPSA) is 92.1 Å². The van der Waals surface area contributed by atoms with Crippen molar-refractivity contribution in [3.05, 3.63) is 58.7 Å². The zero-order valence-corrected chi connectivity index (χ0v) is 16.3. The van der Waals surface area contributed by atoms with Crippen molar-refractivity contribution >= 4 is 34.7 Å². The van der Waals surface area contributed by atoms with E-state index in [-0.39, 0.29) is 0 Å². The first-order valence-electron chi connectivity index (χ1n) is 8.34. The number of rotatable bonds is 6. The average molecular weight is 396 g/mol. The summed E-state index contributed by atoms with van der Waals surface area (Å²) in [7, 11) is 3.09. The molecule has 0 atom stereocenters. The van der Waals surface area contributed by atoms with E-state index in [1.165, 1.54) is 7.11 Å². The van der Waals surface area contributed by atoms with Crippen LogP contribution < -0.4 is 20.1 Å². The smallest absolute Gasteiger partial charge is 0.229 e. The predicted molar refractivity (Wildman–Crippen MR) is 109 cm³/mol.